The first-order valence-corrected chi connectivity index (χ1v) is 8.26. The van der Waals surface area contributed by atoms with E-state index in [0.29, 0.717) is 17.1 Å². The summed E-state index contributed by atoms with van der Waals surface area (Å²) >= 11 is 0. The van der Waals surface area contributed by atoms with Gasteiger partial charge in [-0.2, -0.15) is 5.10 Å². The summed E-state index contributed by atoms with van der Waals surface area (Å²) < 4.78 is 6.95. The summed E-state index contributed by atoms with van der Waals surface area (Å²) in [6, 6.07) is 8.57. The Morgan fingerprint density at radius 2 is 1.88 bits per heavy atom. The maximum absolute atomic E-state index is 12.4. The third-order valence-corrected chi connectivity index (χ3v) is 3.92. The Labute approximate surface area is 146 Å². The number of carbonyl (C=O) groups is 2. The van der Waals surface area contributed by atoms with Crippen LogP contribution >= 0.6 is 0 Å². The summed E-state index contributed by atoms with van der Waals surface area (Å²) in [5.41, 5.74) is 1.91. The maximum Gasteiger partial charge on any atom is 0.341 e. The molecule has 1 aromatic carbocycles. The van der Waals surface area contributed by atoms with Crippen LogP contribution in [0.2, 0.25) is 0 Å². The molecule has 1 heterocycles. The Kier molecular flexibility index (Phi) is 6.16. The number of hydrogen-bond acceptors (Lipinski definition) is 4. The molecule has 1 aromatic heterocycles. The number of anilines is 1. The van der Waals surface area contributed by atoms with Gasteiger partial charge in [-0.05, 0) is 50.1 Å². The first-order valence-electron chi connectivity index (χ1n) is 8.26. The highest BCUT2D eigenvalue weighted by Crippen LogP contribution is 2.19. The number of aryl methyl sites for hydroxylation is 1. The molecular formula is C18H23N3O4. The predicted octanol–water partition coefficient (Wildman–Crippen LogP) is 3.27. The molecule has 2 rings (SSSR count). The minimum absolute atomic E-state index is 0.284. The number of carboxylic acids is 1. The molecule has 134 valence electrons. The van der Waals surface area contributed by atoms with Gasteiger partial charge in [0.15, 0.2) is 12.3 Å². The van der Waals surface area contributed by atoms with Crippen molar-refractivity contribution in [3.05, 3.63) is 41.7 Å². The standard InChI is InChI=1S/C18H23N3O4/c1-4-14(5-2)21-12(3)10-16(20-21)18(24)19-13-6-8-15(9-7-13)25-11-17(22)23/h6-10,14H,4-5,11H2,1-3H3,(H,19,24)(H,22,23). The average molecular weight is 345 g/mol. The van der Waals surface area contributed by atoms with Crippen molar-refractivity contribution in [2.45, 2.75) is 39.7 Å². The van der Waals surface area contributed by atoms with Crippen molar-refractivity contribution in [2.24, 2.45) is 0 Å². The molecule has 0 bridgehead atoms. The summed E-state index contributed by atoms with van der Waals surface area (Å²) in [7, 11) is 0. The van der Waals surface area contributed by atoms with Gasteiger partial charge in [-0.1, -0.05) is 13.8 Å². The molecule has 0 atom stereocenters. The van der Waals surface area contributed by atoms with Crippen LogP contribution in [0.4, 0.5) is 5.69 Å². The van der Waals surface area contributed by atoms with Gasteiger partial charge in [-0.15, -0.1) is 0 Å². The second-order valence-corrected chi connectivity index (χ2v) is 5.75. The lowest BCUT2D eigenvalue weighted by molar-refractivity contribution is -0.139. The smallest absolute Gasteiger partial charge is 0.341 e. The molecule has 0 saturated heterocycles. The number of nitrogens with one attached hydrogen (secondary N) is 1. The number of carbonyl (C=O) groups excluding carboxylic acids is 1. The van der Waals surface area contributed by atoms with Crippen molar-refractivity contribution in [3.8, 4) is 5.75 Å². The van der Waals surface area contributed by atoms with E-state index in [-0.39, 0.29) is 11.9 Å². The first kappa shape index (κ1) is 18.5. The number of rotatable bonds is 8. The van der Waals surface area contributed by atoms with Gasteiger partial charge in [0.1, 0.15) is 5.75 Å². The topological polar surface area (TPSA) is 93.5 Å². The molecule has 7 nitrogen and oxygen atoms in total. The van der Waals surface area contributed by atoms with Crippen LogP contribution in [0.1, 0.15) is 48.9 Å². The molecule has 1 amide bonds. The normalized spacial score (nSPS) is 10.7. The average Bonchev–Trinajstić information content (AvgIpc) is 2.97. The van der Waals surface area contributed by atoms with E-state index in [1.54, 1.807) is 30.3 Å². The van der Waals surface area contributed by atoms with Crippen molar-refractivity contribution in [1.29, 1.82) is 0 Å². The lowest BCUT2D eigenvalue weighted by Gasteiger charge is -2.14. The number of aromatic nitrogens is 2. The van der Waals surface area contributed by atoms with Gasteiger partial charge >= 0.3 is 5.97 Å². The Morgan fingerprint density at radius 1 is 1.24 bits per heavy atom. The highest BCUT2D eigenvalue weighted by molar-refractivity contribution is 6.02. The third kappa shape index (κ3) is 4.82. The van der Waals surface area contributed by atoms with Gasteiger partial charge < -0.3 is 15.2 Å². The van der Waals surface area contributed by atoms with E-state index in [0.717, 1.165) is 18.5 Å². The fourth-order valence-electron chi connectivity index (χ4n) is 2.58. The lowest BCUT2D eigenvalue weighted by atomic mass is 10.2. The minimum Gasteiger partial charge on any atom is -0.482 e. The number of benzene rings is 1. The molecule has 0 saturated carbocycles. The van der Waals surface area contributed by atoms with E-state index in [1.807, 2.05) is 11.6 Å². The van der Waals surface area contributed by atoms with Gasteiger partial charge in [-0.25, -0.2) is 4.79 Å². The summed E-state index contributed by atoms with van der Waals surface area (Å²) in [6.45, 7) is 5.74. The number of nitrogens with zero attached hydrogens (tertiary/aromatic N) is 2. The van der Waals surface area contributed by atoms with Gasteiger partial charge in [0.2, 0.25) is 0 Å². The van der Waals surface area contributed by atoms with E-state index >= 15 is 0 Å². The van der Waals surface area contributed by atoms with Crippen LogP contribution in [0.25, 0.3) is 0 Å². The number of carboxylic acid groups (broad SMARTS) is 1. The van der Waals surface area contributed by atoms with Crippen LogP contribution in [0, 0.1) is 6.92 Å². The molecule has 25 heavy (non-hydrogen) atoms. The quantitative estimate of drug-likeness (QED) is 0.766. The summed E-state index contributed by atoms with van der Waals surface area (Å²) in [6.07, 6.45) is 1.91. The van der Waals surface area contributed by atoms with Crippen molar-refractivity contribution in [1.82, 2.24) is 9.78 Å². The molecule has 0 spiro atoms. The Morgan fingerprint density at radius 3 is 2.44 bits per heavy atom. The van der Waals surface area contributed by atoms with Gasteiger partial charge in [-0.3, -0.25) is 9.48 Å². The van der Waals surface area contributed by atoms with Crippen LogP contribution in [0.5, 0.6) is 5.75 Å². The minimum atomic E-state index is -1.04. The van der Waals surface area contributed by atoms with Crippen LogP contribution in [-0.4, -0.2) is 33.4 Å². The monoisotopic (exact) mass is 345 g/mol. The second kappa shape index (κ2) is 8.32. The molecule has 2 N–H and O–H groups in total. The zero-order valence-corrected chi connectivity index (χ0v) is 14.7. The SMILES string of the molecule is CCC(CC)n1nc(C(=O)Nc2ccc(OCC(=O)O)cc2)cc1C. The molecule has 0 aliphatic carbocycles. The Hall–Kier alpha value is -2.83. The van der Waals surface area contributed by atoms with Gasteiger partial charge in [0.05, 0.1) is 6.04 Å². The molecule has 0 aliphatic heterocycles. The van der Waals surface area contributed by atoms with E-state index in [1.165, 1.54) is 0 Å². The highest BCUT2D eigenvalue weighted by atomic mass is 16.5. The zero-order chi connectivity index (χ0) is 18.4. The van der Waals surface area contributed by atoms with E-state index in [2.05, 4.69) is 24.3 Å². The predicted molar refractivity (Wildman–Crippen MR) is 94.1 cm³/mol. The van der Waals surface area contributed by atoms with E-state index in [4.69, 9.17) is 9.84 Å². The molecule has 7 heteroatoms. The van der Waals surface area contributed by atoms with E-state index < -0.39 is 12.6 Å². The molecule has 0 fully saturated rings. The first-order chi connectivity index (χ1) is 11.9. The maximum atomic E-state index is 12.4. The third-order valence-electron chi connectivity index (χ3n) is 3.92. The van der Waals surface area contributed by atoms with Crippen LogP contribution in [0.3, 0.4) is 0 Å². The van der Waals surface area contributed by atoms with Crippen LogP contribution < -0.4 is 10.1 Å². The molecule has 0 unspecified atom stereocenters. The summed E-state index contributed by atoms with van der Waals surface area (Å²) in [4.78, 5) is 22.9. The highest BCUT2D eigenvalue weighted by Gasteiger charge is 2.16. The Bertz CT molecular complexity index is 733. The van der Waals surface area contributed by atoms with Gasteiger partial charge in [0, 0.05) is 11.4 Å². The molecule has 2 aromatic rings. The largest absolute Gasteiger partial charge is 0.482 e. The lowest BCUT2D eigenvalue weighted by Crippen LogP contribution is -2.15. The number of hydrogen-bond donors (Lipinski definition) is 2. The van der Waals surface area contributed by atoms with Crippen LogP contribution in [-0.2, 0) is 4.79 Å². The molecular weight excluding hydrogens is 322 g/mol. The summed E-state index contributed by atoms with van der Waals surface area (Å²) in [5, 5.41) is 15.8. The van der Waals surface area contributed by atoms with Crippen molar-refractivity contribution in [2.75, 3.05) is 11.9 Å². The number of amides is 1. The fraction of sp³-hybridized carbons (Fsp3) is 0.389. The number of ether oxygens (including phenoxy) is 1. The Balaban J connectivity index is 2.04. The van der Waals surface area contributed by atoms with Gasteiger partial charge in [0.25, 0.3) is 5.91 Å². The van der Waals surface area contributed by atoms with E-state index in [9.17, 15) is 9.59 Å². The van der Waals surface area contributed by atoms with Crippen molar-refractivity contribution in [3.63, 3.8) is 0 Å². The van der Waals surface area contributed by atoms with Crippen molar-refractivity contribution < 1.29 is 19.4 Å². The van der Waals surface area contributed by atoms with Crippen LogP contribution in [0.15, 0.2) is 30.3 Å². The zero-order valence-electron chi connectivity index (χ0n) is 14.7. The second-order valence-electron chi connectivity index (χ2n) is 5.75. The summed E-state index contributed by atoms with van der Waals surface area (Å²) in [5.74, 6) is -0.901. The van der Waals surface area contributed by atoms with Crippen molar-refractivity contribution >= 4 is 17.6 Å². The fourth-order valence-corrected chi connectivity index (χ4v) is 2.58. The molecule has 0 radical (unpaired) electrons. The number of aliphatic carboxylic acids is 1. The molecule has 0 aliphatic rings.